The molecule has 0 aliphatic heterocycles. The van der Waals surface area contributed by atoms with Gasteiger partial charge in [0.15, 0.2) is 0 Å². The zero-order chi connectivity index (χ0) is 9.12. The van der Waals surface area contributed by atoms with Crippen molar-refractivity contribution >= 4 is 10.4 Å². The van der Waals surface area contributed by atoms with Gasteiger partial charge in [0.05, 0.1) is 13.0 Å². The van der Waals surface area contributed by atoms with Crippen molar-refractivity contribution in [3.05, 3.63) is 0 Å². The van der Waals surface area contributed by atoms with Crippen LogP contribution < -0.4 is 18.9 Å². The predicted molar refractivity (Wildman–Crippen MR) is 29.3 cm³/mol. The Morgan fingerprint density at radius 3 is 2.08 bits per heavy atom. The minimum absolute atomic E-state index is 0. The van der Waals surface area contributed by atoms with Crippen LogP contribution in [0, 0.1) is 0 Å². The first-order valence-electron chi connectivity index (χ1n) is 2.39. The summed E-state index contributed by atoms with van der Waals surface area (Å²) in [7, 11) is -4.75. The van der Waals surface area contributed by atoms with E-state index >= 15 is 0 Å². The summed E-state index contributed by atoms with van der Waals surface area (Å²) in [6.07, 6.45) is -5.89. The predicted octanol–water partition coefficient (Wildman–Crippen LogP) is -2.13. The van der Waals surface area contributed by atoms with Gasteiger partial charge in [-0.05, 0) is 0 Å². The molecule has 0 saturated carbocycles. The normalized spacial score (nSPS) is 12.3. The van der Waals surface area contributed by atoms with Gasteiger partial charge in [0.25, 0.3) is 0 Å². The smallest absolute Gasteiger partial charge is 1.00 e. The Morgan fingerprint density at radius 2 is 1.83 bits per heavy atom. The fourth-order valence-electron chi connectivity index (χ4n) is 0.263. The van der Waals surface area contributed by atoms with E-state index in [0.29, 0.717) is 0 Å². The van der Waals surface area contributed by atoms with Crippen molar-refractivity contribution < 1.29 is 50.6 Å². The Hall–Kier alpha value is 0.257. The summed E-state index contributed by atoms with van der Waals surface area (Å²) in [6.45, 7) is -1.09. The zero-order valence-electron chi connectivity index (χ0n) is 7.13. The molecular weight excluding hydrogens is 196 g/mol. The number of rotatable bonds is 3. The van der Waals surface area contributed by atoms with Crippen molar-refractivity contribution in [3.8, 4) is 0 Å². The van der Waals surface area contributed by atoms with Gasteiger partial charge in [-0.3, -0.25) is 4.55 Å². The molecule has 0 aromatic carbocycles. The molecule has 0 aromatic heterocycles. The van der Waals surface area contributed by atoms with Crippen LogP contribution in [0.25, 0.3) is 0 Å². The molecule has 1 N–H and O–H groups in total. The van der Waals surface area contributed by atoms with E-state index in [0.717, 1.165) is 0 Å². The molecule has 4 nitrogen and oxygen atoms in total. The number of halogens is 3. The first-order chi connectivity index (χ1) is 4.71. The monoisotopic (exact) mass is 202 g/mol. The van der Waals surface area contributed by atoms with E-state index in [1.54, 1.807) is 0 Å². The molecular formula is C3H6F3LiO4S. The molecule has 0 aliphatic rings. The van der Waals surface area contributed by atoms with Crippen LogP contribution in [-0.4, -0.2) is 25.8 Å². The summed E-state index contributed by atoms with van der Waals surface area (Å²) >= 11 is 0. The van der Waals surface area contributed by atoms with E-state index < -0.39 is 29.6 Å². The summed E-state index contributed by atoms with van der Waals surface area (Å²) in [5, 5.41) is 0. The van der Waals surface area contributed by atoms with Crippen LogP contribution in [0.1, 0.15) is 7.85 Å². The van der Waals surface area contributed by atoms with Crippen LogP contribution in [0.3, 0.4) is 0 Å². The second-order valence-electron chi connectivity index (χ2n) is 1.61. The average Bonchev–Trinajstić information content (AvgIpc) is 1.55. The molecule has 0 unspecified atom stereocenters. The van der Waals surface area contributed by atoms with Gasteiger partial charge in [0.2, 0.25) is 0 Å². The van der Waals surface area contributed by atoms with E-state index in [2.05, 4.69) is 4.18 Å². The molecule has 0 aliphatic carbocycles. The van der Waals surface area contributed by atoms with E-state index in [9.17, 15) is 21.6 Å². The second kappa shape index (κ2) is 5.09. The fourth-order valence-corrected chi connectivity index (χ4v) is 0.557. The molecule has 0 saturated heterocycles. The molecule has 0 amide bonds. The molecule has 0 bridgehead atoms. The Balaban J connectivity index is -0.000000500. The Morgan fingerprint density at radius 1 is 1.42 bits per heavy atom. The van der Waals surface area contributed by atoms with Gasteiger partial charge in [-0.15, -0.1) is 0 Å². The second-order valence-corrected chi connectivity index (χ2v) is 2.71. The van der Waals surface area contributed by atoms with Crippen LogP contribution in [0.15, 0.2) is 0 Å². The van der Waals surface area contributed by atoms with Crippen molar-refractivity contribution in [2.45, 2.75) is 12.6 Å². The third-order valence-corrected chi connectivity index (χ3v) is 1.08. The third-order valence-electron chi connectivity index (χ3n) is 0.618. The Kier molecular flexibility index (Phi) is 6.26. The van der Waals surface area contributed by atoms with Crippen LogP contribution in [0.4, 0.5) is 13.2 Å². The topological polar surface area (TPSA) is 63.6 Å². The van der Waals surface area contributed by atoms with Crippen molar-refractivity contribution in [1.29, 1.82) is 0 Å². The maximum atomic E-state index is 11.3. The molecule has 9 heteroatoms. The van der Waals surface area contributed by atoms with Gasteiger partial charge in [-0.25, -0.2) is 4.18 Å². The van der Waals surface area contributed by atoms with Gasteiger partial charge in [-0.2, -0.15) is 21.6 Å². The molecule has 0 atom stereocenters. The summed E-state index contributed by atoms with van der Waals surface area (Å²) in [4.78, 5) is 0. The number of hydrogen-bond donors (Lipinski definition) is 1. The first kappa shape index (κ1) is 14.8. The molecule has 12 heavy (non-hydrogen) atoms. The van der Waals surface area contributed by atoms with Gasteiger partial charge < -0.3 is 1.43 Å². The van der Waals surface area contributed by atoms with Gasteiger partial charge in [0.1, 0.15) is 0 Å². The minimum atomic E-state index is -4.75. The quantitative estimate of drug-likeness (QED) is 0.419. The van der Waals surface area contributed by atoms with E-state index in [-0.39, 0.29) is 20.3 Å². The maximum absolute atomic E-state index is 11.3. The van der Waals surface area contributed by atoms with Gasteiger partial charge in [-0.1, -0.05) is 0 Å². The van der Waals surface area contributed by atoms with Crippen molar-refractivity contribution in [2.75, 3.05) is 6.61 Å². The molecule has 0 rings (SSSR count). The zero-order valence-corrected chi connectivity index (χ0v) is 6.94. The number of hydrogen-bond acceptors (Lipinski definition) is 3. The van der Waals surface area contributed by atoms with Crippen LogP contribution in [0.5, 0.6) is 0 Å². The van der Waals surface area contributed by atoms with Gasteiger partial charge >= 0.3 is 35.4 Å². The standard InChI is InChI=1S/C3H5F3O4S.Li.H/c4-3(5,6)1-2-10-11(7,8)9;;/h1-2H2,(H,7,8,9);;/q;+1;-1. The van der Waals surface area contributed by atoms with Crippen LogP contribution >= 0.6 is 0 Å². The first-order valence-corrected chi connectivity index (χ1v) is 3.76. The molecule has 0 heterocycles. The molecule has 70 valence electrons. The molecule has 0 aromatic rings. The third kappa shape index (κ3) is 12.9. The minimum Gasteiger partial charge on any atom is -1.00 e. The Labute approximate surface area is 80.7 Å². The van der Waals surface area contributed by atoms with E-state index in [1.807, 2.05) is 0 Å². The number of alkyl halides is 3. The summed E-state index contributed by atoms with van der Waals surface area (Å²) < 4.78 is 64.4. The SMILES string of the molecule is O=S(=O)(O)OCCC(F)(F)F.[H-].[Li+]. The van der Waals surface area contributed by atoms with Crippen molar-refractivity contribution in [3.63, 3.8) is 0 Å². The van der Waals surface area contributed by atoms with Gasteiger partial charge in [0, 0.05) is 0 Å². The van der Waals surface area contributed by atoms with Crippen LogP contribution in [-0.2, 0) is 14.6 Å². The maximum Gasteiger partial charge on any atom is 1.00 e. The fraction of sp³-hybridized carbons (Fsp3) is 1.00. The van der Waals surface area contributed by atoms with Crippen molar-refractivity contribution in [2.24, 2.45) is 0 Å². The summed E-state index contributed by atoms with van der Waals surface area (Å²) in [5.41, 5.74) is 0. The van der Waals surface area contributed by atoms with E-state index in [1.165, 1.54) is 0 Å². The van der Waals surface area contributed by atoms with E-state index in [4.69, 9.17) is 4.55 Å². The summed E-state index contributed by atoms with van der Waals surface area (Å²) in [5.74, 6) is 0. The summed E-state index contributed by atoms with van der Waals surface area (Å²) in [6, 6.07) is 0. The average molecular weight is 202 g/mol. The molecule has 0 radical (unpaired) electrons. The Bertz CT molecular complexity index is 215. The largest absolute Gasteiger partial charge is 1.00 e. The van der Waals surface area contributed by atoms with Crippen molar-refractivity contribution in [1.82, 2.24) is 0 Å². The molecule has 0 spiro atoms. The molecule has 0 fully saturated rings. The van der Waals surface area contributed by atoms with Crippen LogP contribution in [0.2, 0.25) is 0 Å².